The number of carbonyl (C=O) groups is 2. The summed E-state index contributed by atoms with van der Waals surface area (Å²) >= 11 is 0. The van der Waals surface area contributed by atoms with E-state index in [-0.39, 0.29) is 18.5 Å². The summed E-state index contributed by atoms with van der Waals surface area (Å²) in [5.74, 6) is -0.760. The van der Waals surface area contributed by atoms with Crippen molar-refractivity contribution in [3.8, 4) is 0 Å². The van der Waals surface area contributed by atoms with Crippen LogP contribution in [-0.2, 0) is 11.2 Å². The summed E-state index contributed by atoms with van der Waals surface area (Å²) in [7, 11) is 0. The first-order valence-corrected chi connectivity index (χ1v) is 9.73. The first kappa shape index (κ1) is 21.0. The SMILES string of the molecule is O=C(O)CCCCCCN1C(=O)NCC[C@@H]1/C=C/C(O)Cc1ccccc1. The van der Waals surface area contributed by atoms with Gasteiger partial charge in [-0.15, -0.1) is 0 Å². The third-order valence-corrected chi connectivity index (χ3v) is 4.76. The summed E-state index contributed by atoms with van der Waals surface area (Å²) in [4.78, 5) is 24.5. The van der Waals surface area contributed by atoms with E-state index in [0.717, 1.165) is 31.2 Å². The highest BCUT2D eigenvalue weighted by Crippen LogP contribution is 2.15. The number of carboxylic acids is 1. The average Bonchev–Trinajstić information content (AvgIpc) is 2.65. The molecule has 2 rings (SSSR count). The normalized spacial score (nSPS) is 18.5. The Balaban J connectivity index is 1.79. The number of carboxylic acid groups (broad SMARTS) is 1. The summed E-state index contributed by atoms with van der Waals surface area (Å²) in [6.07, 6.45) is 8.03. The highest BCUT2D eigenvalue weighted by molar-refractivity contribution is 5.75. The van der Waals surface area contributed by atoms with Gasteiger partial charge in [0.05, 0.1) is 12.1 Å². The van der Waals surface area contributed by atoms with E-state index in [1.807, 2.05) is 41.3 Å². The Labute approximate surface area is 160 Å². The zero-order chi connectivity index (χ0) is 19.5. The molecule has 1 saturated heterocycles. The van der Waals surface area contributed by atoms with Crippen LogP contribution in [0.1, 0.15) is 44.1 Å². The van der Waals surface area contributed by atoms with Crippen molar-refractivity contribution >= 4 is 12.0 Å². The highest BCUT2D eigenvalue weighted by atomic mass is 16.4. The maximum atomic E-state index is 12.2. The van der Waals surface area contributed by atoms with Crippen LogP contribution in [0, 0.1) is 0 Å². The van der Waals surface area contributed by atoms with Crippen LogP contribution >= 0.6 is 0 Å². The van der Waals surface area contributed by atoms with Gasteiger partial charge in [-0.1, -0.05) is 55.3 Å². The number of rotatable bonds is 11. The van der Waals surface area contributed by atoms with Crippen molar-refractivity contribution < 1.29 is 19.8 Å². The number of aliphatic carboxylic acids is 1. The number of amides is 2. The molecule has 0 saturated carbocycles. The predicted octanol–water partition coefficient (Wildman–Crippen LogP) is 2.97. The van der Waals surface area contributed by atoms with Crippen molar-refractivity contribution in [1.82, 2.24) is 10.2 Å². The lowest BCUT2D eigenvalue weighted by molar-refractivity contribution is -0.137. The number of benzene rings is 1. The van der Waals surface area contributed by atoms with Crippen LogP contribution in [0.2, 0.25) is 0 Å². The molecule has 1 heterocycles. The second-order valence-electron chi connectivity index (χ2n) is 6.98. The van der Waals surface area contributed by atoms with Gasteiger partial charge >= 0.3 is 12.0 Å². The van der Waals surface area contributed by atoms with Crippen molar-refractivity contribution in [2.75, 3.05) is 13.1 Å². The molecule has 0 spiro atoms. The quantitative estimate of drug-likeness (QED) is 0.410. The molecule has 27 heavy (non-hydrogen) atoms. The number of hydrogen-bond acceptors (Lipinski definition) is 3. The van der Waals surface area contributed by atoms with Crippen LogP contribution in [0.15, 0.2) is 42.5 Å². The van der Waals surface area contributed by atoms with Gasteiger partial charge in [0.25, 0.3) is 0 Å². The Morgan fingerprint density at radius 1 is 1.22 bits per heavy atom. The summed E-state index contributed by atoms with van der Waals surface area (Å²) in [6.45, 7) is 1.28. The highest BCUT2D eigenvalue weighted by Gasteiger charge is 2.25. The molecule has 0 radical (unpaired) electrons. The molecule has 1 aromatic carbocycles. The smallest absolute Gasteiger partial charge is 0.317 e. The lowest BCUT2D eigenvalue weighted by atomic mass is 10.0. The van der Waals surface area contributed by atoms with Crippen molar-refractivity contribution in [2.45, 2.75) is 57.1 Å². The van der Waals surface area contributed by atoms with E-state index < -0.39 is 12.1 Å². The second-order valence-corrected chi connectivity index (χ2v) is 6.98. The minimum Gasteiger partial charge on any atom is -0.481 e. The van der Waals surface area contributed by atoms with Crippen molar-refractivity contribution in [1.29, 1.82) is 0 Å². The molecule has 1 unspecified atom stereocenters. The third-order valence-electron chi connectivity index (χ3n) is 4.76. The van der Waals surface area contributed by atoms with Gasteiger partial charge in [-0.05, 0) is 24.8 Å². The summed E-state index contributed by atoms with van der Waals surface area (Å²) in [5, 5.41) is 21.8. The molecule has 1 fully saturated rings. The van der Waals surface area contributed by atoms with Gasteiger partial charge in [-0.3, -0.25) is 4.79 Å². The van der Waals surface area contributed by atoms with Gasteiger partial charge in [0, 0.05) is 25.9 Å². The molecule has 1 aliphatic heterocycles. The Bertz CT molecular complexity index is 618. The number of unbranched alkanes of at least 4 members (excludes halogenated alkanes) is 3. The maximum Gasteiger partial charge on any atom is 0.317 e. The molecule has 1 aromatic rings. The number of carbonyl (C=O) groups excluding carboxylic acids is 1. The minimum absolute atomic E-state index is 0.0109. The maximum absolute atomic E-state index is 12.2. The number of hydrogen-bond donors (Lipinski definition) is 3. The molecule has 0 aliphatic carbocycles. The first-order chi connectivity index (χ1) is 13.1. The van der Waals surface area contributed by atoms with Gasteiger partial charge in [0.2, 0.25) is 0 Å². The van der Waals surface area contributed by atoms with E-state index in [0.29, 0.717) is 25.9 Å². The summed E-state index contributed by atoms with van der Waals surface area (Å²) in [5.41, 5.74) is 1.08. The fourth-order valence-corrected chi connectivity index (χ4v) is 3.29. The molecular formula is C21H30N2O4. The van der Waals surface area contributed by atoms with Crippen LogP contribution in [-0.4, -0.2) is 52.3 Å². The largest absolute Gasteiger partial charge is 0.481 e. The van der Waals surface area contributed by atoms with E-state index >= 15 is 0 Å². The van der Waals surface area contributed by atoms with Crippen LogP contribution in [0.3, 0.4) is 0 Å². The summed E-state index contributed by atoms with van der Waals surface area (Å²) < 4.78 is 0. The van der Waals surface area contributed by atoms with Crippen LogP contribution in [0.5, 0.6) is 0 Å². The minimum atomic E-state index is -0.760. The van der Waals surface area contributed by atoms with E-state index in [9.17, 15) is 14.7 Å². The van der Waals surface area contributed by atoms with E-state index in [1.165, 1.54) is 0 Å². The number of urea groups is 1. The number of aliphatic hydroxyl groups is 1. The van der Waals surface area contributed by atoms with Gasteiger partial charge in [0.1, 0.15) is 0 Å². The van der Waals surface area contributed by atoms with Gasteiger partial charge in [-0.25, -0.2) is 4.79 Å². The molecule has 1 aliphatic rings. The topological polar surface area (TPSA) is 89.9 Å². The summed E-state index contributed by atoms with van der Waals surface area (Å²) in [6, 6.07) is 9.75. The molecule has 0 aromatic heterocycles. The number of nitrogens with zero attached hydrogens (tertiary/aromatic N) is 1. The fraction of sp³-hybridized carbons (Fsp3) is 0.524. The fourth-order valence-electron chi connectivity index (χ4n) is 3.29. The third kappa shape index (κ3) is 7.83. The van der Waals surface area contributed by atoms with Gasteiger partial charge in [-0.2, -0.15) is 0 Å². The van der Waals surface area contributed by atoms with E-state index in [2.05, 4.69) is 5.32 Å². The standard InChI is InChI=1S/C21H30N2O4/c24-19(16-17-8-4-3-5-9-17)12-11-18-13-14-22-21(27)23(18)15-7-2-1-6-10-20(25)26/h3-5,8-9,11-12,18-19,24H,1-2,6-7,10,13-16H2,(H,22,27)(H,25,26)/b12-11+/t18-,19?/m0/s1. The lowest BCUT2D eigenvalue weighted by Gasteiger charge is -2.34. The second kappa shape index (κ2) is 11.4. The molecule has 3 N–H and O–H groups in total. The Kier molecular flexibility index (Phi) is 8.84. The van der Waals surface area contributed by atoms with Crippen LogP contribution in [0.4, 0.5) is 4.79 Å². The molecule has 0 bridgehead atoms. The van der Waals surface area contributed by atoms with Crippen LogP contribution < -0.4 is 5.32 Å². The van der Waals surface area contributed by atoms with Crippen LogP contribution in [0.25, 0.3) is 0 Å². The molecule has 6 nitrogen and oxygen atoms in total. The number of nitrogens with one attached hydrogen (secondary N) is 1. The van der Waals surface area contributed by atoms with Crippen molar-refractivity contribution in [3.05, 3.63) is 48.0 Å². The van der Waals surface area contributed by atoms with Crippen molar-refractivity contribution in [2.24, 2.45) is 0 Å². The number of aliphatic hydroxyl groups excluding tert-OH is 1. The monoisotopic (exact) mass is 374 g/mol. The molecular weight excluding hydrogens is 344 g/mol. The predicted molar refractivity (Wildman–Crippen MR) is 105 cm³/mol. The van der Waals surface area contributed by atoms with E-state index in [4.69, 9.17) is 5.11 Å². The molecule has 2 atom stereocenters. The lowest BCUT2D eigenvalue weighted by Crippen LogP contribution is -2.52. The Morgan fingerprint density at radius 2 is 1.96 bits per heavy atom. The zero-order valence-corrected chi connectivity index (χ0v) is 15.7. The van der Waals surface area contributed by atoms with Gasteiger partial charge < -0.3 is 20.4 Å². The molecule has 148 valence electrons. The zero-order valence-electron chi connectivity index (χ0n) is 15.7. The Hall–Kier alpha value is -2.34. The molecule has 2 amide bonds. The first-order valence-electron chi connectivity index (χ1n) is 9.73. The average molecular weight is 374 g/mol. The Morgan fingerprint density at radius 3 is 2.70 bits per heavy atom. The van der Waals surface area contributed by atoms with E-state index in [1.54, 1.807) is 6.08 Å². The van der Waals surface area contributed by atoms with Crippen molar-refractivity contribution in [3.63, 3.8) is 0 Å². The molecule has 6 heteroatoms. The van der Waals surface area contributed by atoms with Gasteiger partial charge in [0.15, 0.2) is 0 Å².